The molecular weight excluding hydrogens is 292 g/mol. The maximum atomic E-state index is 12.3. The maximum absolute atomic E-state index is 12.3. The zero-order chi connectivity index (χ0) is 15.1. The minimum atomic E-state index is -3.15. The van der Waals surface area contributed by atoms with E-state index < -0.39 is 10.0 Å². The van der Waals surface area contributed by atoms with E-state index in [0.717, 1.165) is 19.3 Å². The molecule has 7 nitrogen and oxygen atoms in total. The molecule has 1 saturated heterocycles. The second-order valence-corrected chi connectivity index (χ2v) is 7.85. The summed E-state index contributed by atoms with van der Waals surface area (Å²) >= 11 is 0. The lowest BCUT2D eigenvalue weighted by Gasteiger charge is -2.45. The van der Waals surface area contributed by atoms with Gasteiger partial charge < -0.3 is 4.90 Å². The third-order valence-corrected chi connectivity index (χ3v) is 5.03. The Labute approximate surface area is 123 Å². The van der Waals surface area contributed by atoms with Gasteiger partial charge in [-0.1, -0.05) is 0 Å². The quantitative estimate of drug-likeness (QED) is 0.850. The summed E-state index contributed by atoms with van der Waals surface area (Å²) in [7, 11) is -3.15. The van der Waals surface area contributed by atoms with Gasteiger partial charge in [0.25, 0.3) is 5.91 Å². The van der Waals surface area contributed by atoms with Gasteiger partial charge in [-0.15, -0.1) is 0 Å². The molecule has 1 N–H and O–H groups in total. The molecule has 0 unspecified atom stereocenters. The monoisotopic (exact) mass is 310 g/mol. The summed E-state index contributed by atoms with van der Waals surface area (Å²) < 4.78 is 25.0. The van der Waals surface area contributed by atoms with Crippen LogP contribution in [0.2, 0.25) is 0 Å². The molecule has 3 rings (SSSR count). The smallest absolute Gasteiger partial charge is 0.272 e. The predicted octanol–water partition coefficient (Wildman–Crippen LogP) is 0.0205. The van der Waals surface area contributed by atoms with E-state index in [1.165, 1.54) is 12.6 Å². The molecule has 1 aromatic rings. The fourth-order valence-electron chi connectivity index (χ4n) is 3.39. The van der Waals surface area contributed by atoms with E-state index in [1.54, 1.807) is 17.2 Å². The molecule has 21 heavy (non-hydrogen) atoms. The molecule has 0 atom stereocenters. The average Bonchev–Trinajstić information content (AvgIpc) is 2.82. The number of carbonyl (C=O) groups is 1. The zero-order valence-corrected chi connectivity index (χ0v) is 12.6. The van der Waals surface area contributed by atoms with Crippen LogP contribution in [0, 0.1) is 5.41 Å². The van der Waals surface area contributed by atoms with Crippen LogP contribution in [0.5, 0.6) is 0 Å². The average molecular weight is 310 g/mol. The van der Waals surface area contributed by atoms with Gasteiger partial charge in [0.15, 0.2) is 0 Å². The molecule has 1 amide bonds. The van der Waals surface area contributed by atoms with Crippen molar-refractivity contribution >= 4 is 15.9 Å². The number of likely N-dealkylation sites (tertiary alicyclic amines) is 1. The van der Waals surface area contributed by atoms with Crippen LogP contribution < -0.4 is 4.72 Å². The molecule has 1 aliphatic heterocycles. The molecule has 1 aliphatic carbocycles. The molecule has 0 aromatic carbocycles. The van der Waals surface area contributed by atoms with Crippen molar-refractivity contribution in [1.29, 1.82) is 0 Å². The van der Waals surface area contributed by atoms with Crippen molar-refractivity contribution in [3.05, 3.63) is 24.3 Å². The summed E-state index contributed by atoms with van der Waals surface area (Å²) in [4.78, 5) is 21.9. The number of hydrogen-bond acceptors (Lipinski definition) is 5. The van der Waals surface area contributed by atoms with Crippen molar-refractivity contribution in [3.63, 3.8) is 0 Å². The Morgan fingerprint density at radius 3 is 2.86 bits per heavy atom. The minimum absolute atomic E-state index is 0.00843. The van der Waals surface area contributed by atoms with Crippen LogP contribution in [0.1, 0.15) is 29.8 Å². The van der Waals surface area contributed by atoms with E-state index in [-0.39, 0.29) is 17.4 Å². The normalized spacial score (nSPS) is 28.6. The van der Waals surface area contributed by atoms with Crippen LogP contribution >= 0.6 is 0 Å². The number of hydrogen-bond donors (Lipinski definition) is 1. The Kier molecular flexibility index (Phi) is 3.45. The molecule has 1 aromatic heterocycles. The van der Waals surface area contributed by atoms with Gasteiger partial charge in [-0.2, -0.15) is 0 Å². The van der Waals surface area contributed by atoms with Gasteiger partial charge in [0.2, 0.25) is 10.0 Å². The third-order valence-electron chi connectivity index (χ3n) is 4.27. The van der Waals surface area contributed by atoms with Crippen LogP contribution in [0.15, 0.2) is 18.6 Å². The Morgan fingerprint density at radius 1 is 1.48 bits per heavy atom. The van der Waals surface area contributed by atoms with Gasteiger partial charge in [-0.05, 0) is 30.7 Å². The minimum Gasteiger partial charge on any atom is -0.337 e. The van der Waals surface area contributed by atoms with Gasteiger partial charge in [0.05, 0.1) is 6.26 Å². The summed E-state index contributed by atoms with van der Waals surface area (Å²) in [5.74, 6) is -0.0752. The van der Waals surface area contributed by atoms with Crippen LogP contribution in [-0.4, -0.2) is 54.6 Å². The summed E-state index contributed by atoms with van der Waals surface area (Å²) in [6.45, 7) is 1.38. The zero-order valence-electron chi connectivity index (χ0n) is 11.8. The fourth-order valence-corrected chi connectivity index (χ4v) is 4.16. The van der Waals surface area contributed by atoms with Crippen LogP contribution in [0.3, 0.4) is 0 Å². The van der Waals surface area contributed by atoms with Gasteiger partial charge in [0.1, 0.15) is 12.0 Å². The lowest BCUT2D eigenvalue weighted by molar-refractivity contribution is 0.0683. The molecule has 2 fully saturated rings. The number of aromatic nitrogens is 2. The van der Waals surface area contributed by atoms with E-state index in [0.29, 0.717) is 18.8 Å². The van der Waals surface area contributed by atoms with Crippen molar-refractivity contribution in [2.75, 3.05) is 19.3 Å². The van der Waals surface area contributed by atoms with Crippen molar-refractivity contribution < 1.29 is 13.2 Å². The lowest BCUT2D eigenvalue weighted by atomic mass is 9.65. The fraction of sp³-hybridized carbons (Fsp3) is 0.615. The molecule has 1 saturated carbocycles. The third kappa shape index (κ3) is 3.06. The summed E-state index contributed by atoms with van der Waals surface area (Å²) in [6, 6.07) is 1.62. The first kappa shape index (κ1) is 14.4. The first-order chi connectivity index (χ1) is 9.87. The summed E-state index contributed by atoms with van der Waals surface area (Å²) in [6.07, 6.45) is 6.63. The maximum Gasteiger partial charge on any atom is 0.272 e. The number of sulfonamides is 1. The Hall–Kier alpha value is -1.54. The van der Waals surface area contributed by atoms with Crippen molar-refractivity contribution in [3.8, 4) is 0 Å². The van der Waals surface area contributed by atoms with Crippen molar-refractivity contribution in [2.45, 2.75) is 25.3 Å². The topological polar surface area (TPSA) is 92.3 Å². The summed E-state index contributed by atoms with van der Waals surface area (Å²) in [5.41, 5.74) is 0.484. The predicted molar refractivity (Wildman–Crippen MR) is 76.0 cm³/mol. The van der Waals surface area contributed by atoms with E-state index in [2.05, 4.69) is 14.7 Å². The molecular formula is C13H18N4O3S. The first-order valence-electron chi connectivity index (χ1n) is 6.90. The highest BCUT2D eigenvalue weighted by atomic mass is 32.2. The van der Waals surface area contributed by atoms with E-state index >= 15 is 0 Å². The Bertz CT molecular complexity index is 641. The SMILES string of the molecule is CS(=O)(=O)NC1CC2(CCN(C(=O)c3ccncn3)C2)C1. The van der Waals surface area contributed by atoms with Gasteiger partial charge in [-0.3, -0.25) is 4.79 Å². The Morgan fingerprint density at radius 2 is 2.24 bits per heavy atom. The highest BCUT2D eigenvalue weighted by molar-refractivity contribution is 7.88. The molecule has 8 heteroatoms. The number of amides is 1. The molecule has 2 heterocycles. The van der Waals surface area contributed by atoms with E-state index in [9.17, 15) is 13.2 Å². The lowest BCUT2D eigenvalue weighted by Crippen LogP contribution is -2.51. The second kappa shape index (κ2) is 5.03. The van der Waals surface area contributed by atoms with E-state index in [1.807, 2.05) is 0 Å². The molecule has 114 valence electrons. The highest BCUT2D eigenvalue weighted by Crippen LogP contribution is 2.48. The molecule has 0 radical (unpaired) electrons. The first-order valence-corrected chi connectivity index (χ1v) is 8.79. The van der Waals surface area contributed by atoms with Crippen molar-refractivity contribution in [2.24, 2.45) is 5.41 Å². The van der Waals surface area contributed by atoms with Crippen LogP contribution in [-0.2, 0) is 10.0 Å². The van der Waals surface area contributed by atoms with Crippen LogP contribution in [0.25, 0.3) is 0 Å². The number of rotatable bonds is 3. The number of nitrogens with zero attached hydrogens (tertiary/aromatic N) is 3. The van der Waals surface area contributed by atoms with Crippen molar-refractivity contribution in [1.82, 2.24) is 19.6 Å². The van der Waals surface area contributed by atoms with Gasteiger partial charge in [-0.25, -0.2) is 23.1 Å². The summed E-state index contributed by atoms with van der Waals surface area (Å²) in [5, 5.41) is 0. The molecule has 0 bridgehead atoms. The second-order valence-electron chi connectivity index (χ2n) is 6.07. The standard InChI is InChI=1S/C13H18N4O3S/c1-21(19,20)16-10-6-13(7-10)3-5-17(8-13)12(18)11-2-4-14-9-15-11/h2,4,9-10,16H,3,5-8H2,1H3. The highest BCUT2D eigenvalue weighted by Gasteiger charge is 2.50. The van der Waals surface area contributed by atoms with Gasteiger partial charge >= 0.3 is 0 Å². The van der Waals surface area contributed by atoms with Crippen LogP contribution in [0.4, 0.5) is 0 Å². The van der Waals surface area contributed by atoms with Gasteiger partial charge in [0, 0.05) is 25.3 Å². The Balaban J connectivity index is 1.59. The largest absolute Gasteiger partial charge is 0.337 e. The molecule has 1 spiro atoms. The number of nitrogens with one attached hydrogen (secondary N) is 1. The molecule has 2 aliphatic rings. The van der Waals surface area contributed by atoms with E-state index in [4.69, 9.17) is 0 Å². The number of carbonyl (C=O) groups excluding carboxylic acids is 1.